The molecule has 0 aliphatic heterocycles. The van der Waals surface area contributed by atoms with Gasteiger partial charge in [0.05, 0.1) is 0 Å². The molecular formula is C11H17N3O. The van der Waals surface area contributed by atoms with E-state index in [1.807, 2.05) is 6.92 Å². The topological polar surface area (TPSA) is 61.0 Å². The third kappa shape index (κ3) is 2.45. The fourth-order valence-electron chi connectivity index (χ4n) is 2.08. The van der Waals surface area contributed by atoms with Crippen molar-refractivity contribution in [1.29, 1.82) is 0 Å². The molecule has 1 aliphatic carbocycles. The number of rotatable bonds is 3. The van der Waals surface area contributed by atoms with E-state index in [0.29, 0.717) is 18.3 Å². The van der Waals surface area contributed by atoms with E-state index < -0.39 is 0 Å². The molecule has 1 aromatic heterocycles. The molecule has 2 rings (SSSR count). The Morgan fingerprint density at radius 1 is 1.53 bits per heavy atom. The van der Waals surface area contributed by atoms with Gasteiger partial charge in [-0.15, -0.1) is 0 Å². The first-order valence-electron chi connectivity index (χ1n) is 5.46. The molecule has 2 atom stereocenters. The lowest BCUT2D eigenvalue weighted by molar-refractivity contribution is 0.155. The summed E-state index contributed by atoms with van der Waals surface area (Å²) in [5, 5.41) is 0. The van der Waals surface area contributed by atoms with Crippen LogP contribution in [0, 0.1) is 12.8 Å². The van der Waals surface area contributed by atoms with E-state index in [1.54, 1.807) is 12.3 Å². The first-order valence-corrected chi connectivity index (χ1v) is 5.46. The maximum Gasteiger partial charge on any atom is 0.216 e. The van der Waals surface area contributed by atoms with Crippen LogP contribution in [0.1, 0.15) is 25.1 Å². The van der Waals surface area contributed by atoms with Crippen LogP contribution >= 0.6 is 0 Å². The van der Waals surface area contributed by atoms with Crippen molar-refractivity contribution < 1.29 is 4.74 Å². The number of hydrogen-bond donors (Lipinski definition) is 1. The normalized spacial score (nSPS) is 25.5. The van der Waals surface area contributed by atoms with E-state index in [1.165, 1.54) is 12.8 Å². The van der Waals surface area contributed by atoms with Gasteiger partial charge in [-0.25, -0.2) is 4.98 Å². The van der Waals surface area contributed by atoms with Crippen molar-refractivity contribution in [3.05, 3.63) is 18.1 Å². The summed E-state index contributed by atoms with van der Waals surface area (Å²) in [6, 6.07) is 1.80. The minimum absolute atomic E-state index is 0.240. The smallest absolute Gasteiger partial charge is 0.216 e. The van der Waals surface area contributed by atoms with Crippen molar-refractivity contribution >= 4 is 0 Å². The van der Waals surface area contributed by atoms with Crippen LogP contribution in [0.5, 0.6) is 5.88 Å². The molecule has 4 nitrogen and oxygen atoms in total. The van der Waals surface area contributed by atoms with Gasteiger partial charge < -0.3 is 10.5 Å². The van der Waals surface area contributed by atoms with Crippen molar-refractivity contribution in [2.75, 3.05) is 6.54 Å². The summed E-state index contributed by atoms with van der Waals surface area (Å²) >= 11 is 0. The SMILES string of the molecule is Cc1nccc(OC2CCCC2CN)n1. The van der Waals surface area contributed by atoms with Crippen LogP contribution in [0.25, 0.3) is 0 Å². The number of aryl methyl sites for hydroxylation is 1. The Kier molecular flexibility index (Phi) is 3.16. The van der Waals surface area contributed by atoms with Gasteiger partial charge in [-0.3, -0.25) is 0 Å². The van der Waals surface area contributed by atoms with Crippen LogP contribution in [-0.2, 0) is 0 Å². The Bertz CT molecular complexity index is 329. The lowest BCUT2D eigenvalue weighted by Gasteiger charge is -2.18. The third-order valence-electron chi connectivity index (χ3n) is 2.91. The number of nitrogens with zero attached hydrogens (tertiary/aromatic N) is 2. The quantitative estimate of drug-likeness (QED) is 0.811. The molecule has 0 radical (unpaired) electrons. The van der Waals surface area contributed by atoms with Crippen LogP contribution in [0.15, 0.2) is 12.3 Å². The molecular weight excluding hydrogens is 190 g/mol. The minimum Gasteiger partial charge on any atom is -0.474 e. The van der Waals surface area contributed by atoms with Gasteiger partial charge in [-0.1, -0.05) is 0 Å². The van der Waals surface area contributed by atoms with Crippen LogP contribution in [0.2, 0.25) is 0 Å². The van der Waals surface area contributed by atoms with E-state index in [9.17, 15) is 0 Å². The van der Waals surface area contributed by atoms with Crippen molar-refractivity contribution in [1.82, 2.24) is 9.97 Å². The number of aromatic nitrogens is 2. The zero-order chi connectivity index (χ0) is 10.7. The highest BCUT2D eigenvalue weighted by Gasteiger charge is 2.27. The average Bonchev–Trinajstić information content (AvgIpc) is 2.65. The summed E-state index contributed by atoms with van der Waals surface area (Å²) in [6.45, 7) is 2.57. The maximum absolute atomic E-state index is 5.83. The Morgan fingerprint density at radius 3 is 3.13 bits per heavy atom. The van der Waals surface area contributed by atoms with E-state index in [0.717, 1.165) is 12.2 Å². The molecule has 0 aromatic carbocycles. The molecule has 1 aromatic rings. The molecule has 1 fully saturated rings. The molecule has 0 bridgehead atoms. The Balaban J connectivity index is 2.02. The van der Waals surface area contributed by atoms with Gasteiger partial charge >= 0.3 is 0 Å². The highest BCUT2D eigenvalue weighted by molar-refractivity contribution is 5.08. The highest BCUT2D eigenvalue weighted by Crippen LogP contribution is 2.28. The summed E-state index contributed by atoms with van der Waals surface area (Å²) < 4.78 is 5.83. The summed E-state index contributed by atoms with van der Waals surface area (Å²) in [5.41, 5.74) is 5.69. The summed E-state index contributed by atoms with van der Waals surface area (Å²) in [5.74, 6) is 1.91. The molecule has 1 saturated carbocycles. The minimum atomic E-state index is 0.240. The number of nitrogens with two attached hydrogens (primary N) is 1. The van der Waals surface area contributed by atoms with E-state index in [2.05, 4.69) is 9.97 Å². The van der Waals surface area contributed by atoms with Crippen LogP contribution < -0.4 is 10.5 Å². The van der Waals surface area contributed by atoms with Crippen molar-refractivity contribution in [3.63, 3.8) is 0 Å². The van der Waals surface area contributed by atoms with Crippen molar-refractivity contribution in [2.45, 2.75) is 32.3 Å². The molecule has 2 N–H and O–H groups in total. The lowest BCUT2D eigenvalue weighted by Crippen LogP contribution is -2.28. The van der Waals surface area contributed by atoms with E-state index >= 15 is 0 Å². The first kappa shape index (κ1) is 10.4. The monoisotopic (exact) mass is 207 g/mol. The van der Waals surface area contributed by atoms with Crippen molar-refractivity contribution in [2.24, 2.45) is 11.7 Å². The molecule has 1 heterocycles. The standard InChI is InChI=1S/C11H17N3O/c1-8-13-6-5-11(14-8)15-10-4-2-3-9(10)7-12/h5-6,9-10H,2-4,7,12H2,1H3. The van der Waals surface area contributed by atoms with Crippen molar-refractivity contribution in [3.8, 4) is 5.88 Å². The zero-order valence-corrected chi connectivity index (χ0v) is 9.02. The molecule has 82 valence electrons. The fraction of sp³-hybridized carbons (Fsp3) is 0.636. The third-order valence-corrected chi connectivity index (χ3v) is 2.91. The molecule has 2 unspecified atom stereocenters. The first-order chi connectivity index (χ1) is 7.29. The molecule has 0 saturated heterocycles. The second-order valence-corrected chi connectivity index (χ2v) is 4.03. The Morgan fingerprint density at radius 2 is 2.40 bits per heavy atom. The second kappa shape index (κ2) is 4.57. The van der Waals surface area contributed by atoms with Gasteiger partial charge in [0.1, 0.15) is 11.9 Å². The van der Waals surface area contributed by atoms with Gasteiger partial charge in [0.2, 0.25) is 5.88 Å². The van der Waals surface area contributed by atoms with Gasteiger partial charge in [0.25, 0.3) is 0 Å². The van der Waals surface area contributed by atoms with Gasteiger partial charge in [0.15, 0.2) is 0 Å². The van der Waals surface area contributed by atoms with Gasteiger partial charge in [0, 0.05) is 18.2 Å². The maximum atomic E-state index is 5.83. The predicted molar refractivity (Wildman–Crippen MR) is 57.6 cm³/mol. The number of hydrogen-bond acceptors (Lipinski definition) is 4. The summed E-state index contributed by atoms with van der Waals surface area (Å²) in [6.07, 6.45) is 5.43. The summed E-state index contributed by atoms with van der Waals surface area (Å²) in [7, 11) is 0. The van der Waals surface area contributed by atoms with Crippen LogP contribution in [0.3, 0.4) is 0 Å². The highest BCUT2D eigenvalue weighted by atomic mass is 16.5. The largest absolute Gasteiger partial charge is 0.474 e. The molecule has 0 spiro atoms. The Labute approximate surface area is 89.9 Å². The molecule has 15 heavy (non-hydrogen) atoms. The van der Waals surface area contributed by atoms with Crippen LogP contribution in [0.4, 0.5) is 0 Å². The molecule has 1 aliphatic rings. The second-order valence-electron chi connectivity index (χ2n) is 4.03. The molecule has 4 heteroatoms. The average molecular weight is 207 g/mol. The van der Waals surface area contributed by atoms with Gasteiger partial charge in [-0.2, -0.15) is 4.98 Å². The number of ether oxygens (including phenoxy) is 1. The zero-order valence-electron chi connectivity index (χ0n) is 9.02. The molecule has 0 amide bonds. The van der Waals surface area contributed by atoms with E-state index in [4.69, 9.17) is 10.5 Å². The van der Waals surface area contributed by atoms with Gasteiger partial charge in [-0.05, 0) is 32.7 Å². The van der Waals surface area contributed by atoms with E-state index in [-0.39, 0.29) is 6.10 Å². The predicted octanol–water partition coefficient (Wildman–Crippen LogP) is 1.29. The Hall–Kier alpha value is -1.16. The van der Waals surface area contributed by atoms with Crippen LogP contribution in [-0.4, -0.2) is 22.6 Å². The summed E-state index contributed by atoms with van der Waals surface area (Å²) in [4.78, 5) is 8.27. The lowest BCUT2D eigenvalue weighted by atomic mass is 10.1. The fourth-order valence-corrected chi connectivity index (χ4v) is 2.08.